The van der Waals surface area contributed by atoms with E-state index in [1.165, 1.54) is 11.6 Å². The van der Waals surface area contributed by atoms with E-state index in [0.717, 1.165) is 39.1 Å². The van der Waals surface area contributed by atoms with Crippen LogP contribution in [0.5, 0.6) is 0 Å². The summed E-state index contributed by atoms with van der Waals surface area (Å²) in [5.74, 6) is -0.222. The highest BCUT2D eigenvalue weighted by atomic mass is 19.1. The lowest BCUT2D eigenvalue weighted by molar-refractivity contribution is -0.132. The Labute approximate surface area is 161 Å². The summed E-state index contributed by atoms with van der Waals surface area (Å²) < 4.78 is 13.8. The number of hydrogen-bond acceptors (Lipinski definition) is 3. The van der Waals surface area contributed by atoms with E-state index < -0.39 is 0 Å². The fourth-order valence-corrected chi connectivity index (χ4v) is 3.39. The first-order chi connectivity index (χ1) is 13.1. The fraction of sp³-hybridized carbons (Fsp3) is 0.409. The van der Waals surface area contributed by atoms with Gasteiger partial charge in [-0.05, 0) is 18.1 Å². The van der Waals surface area contributed by atoms with Gasteiger partial charge in [0.25, 0.3) is 0 Å². The van der Waals surface area contributed by atoms with Crippen molar-refractivity contribution in [2.75, 3.05) is 46.3 Å². The smallest absolute Gasteiger partial charge is 0.236 e. The topological polar surface area (TPSA) is 26.8 Å². The molecule has 1 aliphatic rings. The molecule has 3 rings (SSSR count). The number of rotatable bonds is 7. The van der Waals surface area contributed by atoms with Crippen molar-refractivity contribution in [1.29, 1.82) is 0 Å². The van der Waals surface area contributed by atoms with E-state index in [4.69, 9.17) is 0 Å². The quantitative estimate of drug-likeness (QED) is 0.751. The summed E-state index contributed by atoms with van der Waals surface area (Å²) in [5, 5.41) is 0. The van der Waals surface area contributed by atoms with Crippen LogP contribution < -0.4 is 0 Å². The largest absolute Gasteiger partial charge is 0.340 e. The Kier molecular flexibility index (Phi) is 6.96. The predicted octanol–water partition coefficient (Wildman–Crippen LogP) is 2.64. The minimum Gasteiger partial charge on any atom is -0.340 e. The van der Waals surface area contributed by atoms with Gasteiger partial charge >= 0.3 is 0 Å². The summed E-state index contributed by atoms with van der Waals surface area (Å²) in [4.78, 5) is 18.7. The lowest BCUT2D eigenvalue weighted by Crippen LogP contribution is -2.49. The number of benzene rings is 2. The Morgan fingerprint density at radius 3 is 2.30 bits per heavy atom. The van der Waals surface area contributed by atoms with Crippen molar-refractivity contribution in [3.05, 3.63) is 71.5 Å². The lowest BCUT2D eigenvalue weighted by atomic mass is 10.1. The highest BCUT2D eigenvalue weighted by molar-refractivity contribution is 5.78. The maximum atomic E-state index is 13.8. The van der Waals surface area contributed by atoms with Gasteiger partial charge in [0, 0.05) is 51.9 Å². The first kappa shape index (κ1) is 19.5. The zero-order valence-electron chi connectivity index (χ0n) is 16.0. The van der Waals surface area contributed by atoms with Gasteiger partial charge in [-0.3, -0.25) is 9.69 Å². The molecule has 2 aromatic carbocycles. The summed E-state index contributed by atoms with van der Waals surface area (Å²) >= 11 is 0. The Bertz CT molecular complexity index is 729. The van der Waals surface area contributed by atoms with Gasteiger partial charge in [-0.1, -0.05) is 48.5 Å². The molecule has 0 aliphatic carbocycles. The van der Waals surface area contributed by atoms with E-state index >= 15 is 0 Å². The molecule has 0 spiro atoms. The number of carbonyl (C=O) groups excluding carboxylic acids is 1. The molecule has 0 bridgehead atoms. The first-order valence-corrected chi connectivity index (χ1v) is 9.58. The number of nitrogens with zero attached hydrogens (tertiary/aromatic N) is 3. The Morgan fingerprint density at radius 1 is 0.963 bits per heavy atom. The minimum absolute atomic E-state index is 0.0380. The van der Waals surface area contributed by atoms with Crippen LogP contribution in [0.3, 0.4) is 0 Å². The van der Waals surface area contributed by atoms with E-state index in [0.29, 0.717) is 18.7 Å². The standard InChI is InChI=1S/C22H28FN3O/c1-24(17-20-9-5-6-10-21(20)23)22(27)18-26-15-13-25(14-16-26)12-11-19-7-3-2-4-8-19/h2-10H,11-18H2,1H3. The maximum Gasteiger partial charge on any atom is 0.236 e. The minimum atomic E-state index is -0.260. The molecule has 0 unspecified atom stereocenters. The molecule has 2 aromatic rings. The molecule has 0 saturated carbocycles. The molecule has 144 valence electrons. The van der Waals surface area contributed by atoms with Crippen LogP contribution >= 0.6 is 0 Å². The molecule has 4 nitrogen and oxygen atoms in total. The highest BCUT2D eigenvalue weighted by Crippen LogP contribution is 2.10. The van der Waals surface area contributed by atoms with Crippen LogP contribution in [0.1, 0.15) is 11.1 Å². The van der Waals surface area contributed by atoms with Crippen LogP contribution in [-0.4, -0.2) is 66.9 Å². The first-order valence-electron chi connectivity index (χ1n) is 9.58. The van der Waals surface area contributed by atoms with Gasteiger partial charge in [-0.25, -0.2) is 4.39 Å². The molecular weight excluding hydrogens is 341 g/mol. The number of carbonyl (C=O) groups is 1. The van der Waals surface area contributed by atoms with Crippen molar-refractivity contribution in [3.63, 3.8) is 0 Å². The van der Waals surface area contributed by atoms with E-state index in [9.17, 15) is 9.18 Å². The van der Waals surface area contributed by atoms with Crippen molar-refractivity contribution in [3.8, 4) is 0 Å². The number of halogens is 1. The number of amides is 1. The number of hydrogen-bond donors (Lipinski definition) is 0. The van der Waals surface area contributed by atoms with Gasteiger partial charge in [0.05, 0.1) is 6.54 Å². The van der Waals surface area contributed by atoms with Crippen LogP contribution in [0.25, 0.3) is 0 Å². The molecule has 0 radical (unpaired) electrons. The molecule has 1 amide bonds. The van der Waals surface area contributed by atoms with Gasteiger partial charge in [0.1, 0.15) is 5.82 Å². The molecule has 1 heterocycles. The van der Waals surface area contributed by atoms with Gasteiger partial charge < -0.3 is 9.80 Å². The van der Waals surface area contributed by atoms with Gasteiger partial charge in [-0.2, -0.15) is 0 Å². The van der Waals surface area contributed by atoms with E-state index in [-0.39, 0.29) is 11.7 Å². The van der Waals surface area contributed by atoms with Crippen LogP contribution in [0.15, 0.2) is 54.6 Å². The van der Waals surface area contributed by atoms with Crippen molar-refractivity contribution in [2.45, 2.75) is 13.0 Å². The third-order valence-corrected chi connectivity index (χ3v) is 5.17. The molecule has 5 heteroatoms. The van der Waals surface area contributed by atoms with Crippen LogP contribution in [-0.2, 0) is 17.8 Å². The predicted molar refractivity (Wildman–Crippen MR) is 106 cm³/mol. The molecule has 0 atom stereocenters. The molecule has 0 aromatic heterocycles. The Balaban J connectivity index is 1.39. The number of likely N-dealkylation sites (N-methyl/N-ethyl adjacent to an activating group) is 1. The summed E-state index contributed by atoms with van der Waals surface area (Å²) in [6, 6.07) is 17.2. The molecule has 27 heavy (non-hydrogen) atoms. The summed E-state index contributed by atoms with van der Waals surface area (Å²) in [7, 11) is 1.74. The molecular formula is C22H28FN3O. The summed E-state index contributed by atoms with van der Waals surface area (Å²) in [5.41, 5.74) is 1.92. The Hall–Kier alpha value is -2.24. The summed E-state index contributed by atoms with van der Waals surface area (Å²) in [6.07, 6.45) is 1.06. The third-order valence-electron chi connectivity index (χ3n) is 5.17. The normalized spacial score (nSPS) is 15.6. The SMILES string of the molecule is CN(Cc1ccccc1F)C(=O)CN1CCN(CCc2ccccc2)CC1. The van der Waals surface area contributed by atoms with E-state index in [2.05, 4.69) is 34.1 Å². The van der Waals surface area contributed by atoms with Gasteiger partial charge in [-0.15, -0.1) is 0 Å². The zero-order valence-corrected chi connectivity index (χ0v) is 16.0. The second-order valence-corrected chi connectivity index (χ2v) is 7.19. The summed E-state index contributed by atoms with van der Waals surface area (Å²) in [6.45, 7) is 5.52. The van der Waals surface area contributed by atoms with Crippen LogP contribution in [0, 0.1) is 5.82 Å². The Morgan fingerprint density at radius 2 is 1.59 bits per heavy atom. The van der Waals surface area contributed by atoms with E-state index in [1.807, 2.05) is 6.07 Å². The molecule has 1 aliphatic heterocycles. The average molecular weight is 369 g/mol. The average Bonchev–Trinajstić information content (AvgIpc) is 2.70. The second-order valence-electron chi connectivity index (χ2n) is 7.19. The molecule has 0 N–H and O–H groups in total. The van der Waals surface area contributed by atoms with Crippen LogP contribution in [0.4, 0.5) is 4.39 Å². The maximum absolute atomic E-state index is 13.8. The van der Waals surface area contributed by atoms with Crippen molar-refractivity contribution in [1.82, 2.24) is 14.7 Å². The third kappa shape index (κ3) is 5.88. The molecule has 1 fully saturated rings. The van der Waals surface area contributed by atoms with E-state index in [1.54, 1.807) is 30.1 Å². The fourth-order valence-electron chi connectivity index (χ4n) is 3.39. The second kappa shape index (κ2) is 9.62. The van der Waals surface area contributed by atoms with Crippen molar-refractivity contribution in [2.24, 2.45) is 0 Å². The van der Waals surface area contributed by atoms with Crippen molar-refractivity contribution >= 4 is 5.91 Å². The van der Waals surface area contributed by atoms with Crippen LogP contribution in [0.2, 0.25) is 0 Å². The van der Waals surface area contributed by atoms with Gasteiger partial charge in [0.2, 0.25) is 5.91 Å². The highest BCUT2D eigenvalue weighted by Gasteiger charge is 2.20. The molecule has 1 saturated heterocycles. The number of piperazine rings is 1. The zero-order chi connectivity index (χ0) is 19.1. The lowest BCUT2D eigenvalue weighted by Gasteiger charge is -2.35. The van der Waals surface area contributed by atoms with Crippen molar-refractivity contribution < 1.29 is 9.18 Å². The van der Waals surface area contributed by atoms with Gasteiger partial charge in [0.15, 0.2) is 0 Å². The monoisotopic (exact) mass is 369 g/mol.